The maximum absolute atomic E-state index is 13.0. The highest BCUT2D eigenvalue weighted by atomic mass is 79.9. The minimum Gasteiger partial charge on any atom is -0.337 e. The number of benzene rings is 1. The highest BCUT2D eigenvalue weighted by molar-refractivity contribution is 9.10. The number of likely N-dealkylation sites (tertiary alicyclic amines) is 1. The molecule has 2 fully saturated rings. The lowest BCUT2D eigenvalue weighted by atomic mass is 9.94. The molecule has 2 heterocycles. The number of rotatable bonds is 3. The summed E-state index contributed by atoms with van der Waals surface area (Å²) in [5, 5.41) is 0. The lowest BCUT2D eigenvalue weighted by Gasteiger charge is -2.39. The van der Waals surface area contributed by atoms with E-state index >= 15 is 0 Å². The SMILES string of the molecule is CC(N)C1CCCCN1C(=O)C1CCN(c2ccccc2Br)C1=O.Cl. The van der Waals surface area contributed by atoms with Crippen molar-refractivity contribution in [2.24, 2.45) is 11.7 Å². The van der Waals surface area contributed by atoms with Gasteiger partial charge in [-0.05, 0) is 60.7 Å². The van der Waals surface area contributed by atoms with Crippen molar-refractivity contribution in [1.82, 2.24) is 4.90 Å². The maximum Gasteiger partial charge on any atom is 0.239 e. The lowest BCUT2D eigenvalue weighted by Crippen LogP contribution is -2.54. The van der Waals surface area contributed by atoms with Crippen LogP contribution in [0.15, 0.2) is 28.7 Å². The van der Waals surface area contributed by atoms with Crippen molar-refractivity contribution in [3.63, 3.8) is 0 Å². The summed E-state index contributed by atoms with van der Waals surface area (Å²) < 4.78 is 0.873. The van der Waals surface area contributed by atoms with E-state index in [1.165, 1.54) is 0 Å². The van der Waals surface area contributed by atoms with E-state index < -0.39 is 5.92 Å². The number of anilines is 1. The summed E-state index contributed by atoms with van der Waals surface area (Å²) >= 11 is 3.49. The normalized spacial score (nSPS) is 24.8. The molecule has 3 unspecified atom stereocenters. The number of nitrogens with zero attached hydrogens (tertiary/aromatic N) is 2. The minimum absolute atomic E-state index is 0. The van der Waals surface area contributed by atoms with Crippen molar-refractivity contribution in [2.45, 2.75) is 44.7 Å². The van der Waals surface area contributed by atoms with Gasteiger partial charge in [-0.3, -0.25) is 9.59 Å². The summed E-state index contributed by atoms with van der Waals surface area (Å²) in [5.74, 6) is -0.714. The molecule has 2 aliphatic heterocycles. The van der Waals surface area contributed by atoms with Gasteiger partial charge in [-0.1, -0.05) is 12.1 Å². The predicted molar refractivity (Wildman–Crippen MR) is 105 cm³/mol. The second-order valence-corrected chi connectivity index (χ2v) is 7.59. The summed E-state index contributed by atoms with van der Waals surface area (Å²) in [6, 6.07) is 7.62. The number of nitrogens with two attached hydrogens (primary N) is 1. The van der Waals surface area contributed by atoms with Gasteiger partial charge in [-0.2, -0.15) is 0 Å². The Balaban J connectivity index is 0.00000225. The molecule has 1 aromatic carbocycles. The molecule has 1 aromatic rings. The molecular formula is C18H25BrClN3O2. The number of amides is 2. The topological polar surface area (TPSA) is 66.6 Å². The third-order valence-corrected chi connectivity index (χ3v) is 5.76. The van der Waals surface area contributed by atoms with Crippen LogP contribution in [0.4, 0.5) is 5.69 Å². The van der Waals surface area contributed by atoms with Gasteiger partial charge < -0.3 is 15.5 Å². The van der Waals surface area contributed by atoms with Crippen LogP contribution in [0, 0.1) is 5.92 Å². The molecule has 3 rings (SSSR count). The number of hydrogen-bond acceptors (Lipinski definition) is 3. The van der Waals surface area contributed by atoms with Crippen LogP contribution in [0.1, 0.15) is 32.6 Å². The Hall–Kier alpha value is -1.11. The van der Waals surface area contributed by atoms with Crippen LogP contribution < -0.4 is 10.6 Å². The zero-order valence-corrected chi connectivity index (χ0v) is 16.8. The first kappa shape index (κ1) is 20.2. The number of carbonyl (C=O) groups excluding carboxylic acids is 2. The van der Waals surface area contributed by atoms with Gasteiger partial charge in [-0.15, -0.1) is 12.4 Å². The molecule has 138 valence electrons. The summed E-state index contributed by atoms with van der Waals surface area (Å²) in [4.78, 5) is 29.4. The molecular weight excluding hydrogens is 406 g/mol. The minimum atomic E-state index is -0.573. The van der Waals surface area contributed by atoms with E-state index in [9.17, 15) is 9.59 Å². The second-order valence-electron chi connectivity index (χ2n) is 6.74. The van der Waals surface area contributed by atoms with Gasteiger partial charge >= 0.3 is 0 Å². The summed E-state index contributed by atoms with van der Waals surface area (Å²) in [6.45, 7) is 3.23. The van der Waals surface area contributed by atoms with Gasteiger partial charge in [0.25, 0.3) is 0 Å². The van der Waals surface area contributed by atoms with Crippen molar-refractivity contribution in [3.05, 3.63) is 28.7 Å². The highest BCUT2D eigenvalue weighted by Gasteiger charge is 2.42. The fraction of sp³-hybridized carbons (Fsp3) is 0.556. The van der Waals surface area contributed by atoms with Crippen LogP contribution in [0.2, 0.25) is 0 Å². The molecule has 2 aliphatic rings. The van der Waals surface area contributed by atoms with Gasteiger partial charge in [0.1, 0.15) is 5.92 Å². The molecule has 0 spiro atoms. The fourth-order valence-corrected chi connectivity index (χ4v) is 4.30. The molecule has 0 aromatic heterocycles. The molecule has 0 bridgehead atoms. The Morgan fingerprint density at radius 1 is 1.24 bits per heavy atom. The highest BCUT2D eigenvalue weighted by Crippen LogP contribution is 2.33. The van der Waals surface area contributed by atoms with Crippen LogP contribution in [0.25, 0.3) is 0 Å². The molecule has 0 aliphatic carbocycles. The van der Waals surface area contributed by atoms with E-state index in [0.717, 1.165) is 29.4 Å². The Bertz CT molecular complexity index is 641. The fourth-order valence-electron chi connectivity index (χ4n) is 3.80. The van der Waals surface area contributed by atoms with Gasteiger partial charge in [0.15, 0.2) is 0 Å². The van der Waals surface area contributed by atoms with E-state index in [1.807, 2.05) is 36.1 Å². The number of para-hydroxylation sites is 1. The average Bonchev–Trinajstić information content (AvgIpc) is 2.96. The Labute approximate surface area is 163 Å². The van der Waals surface area contributed by atoms with Crippen molar-refractivity contribution >= 4 is 45.8 Å². The standard InChI is InChI=1S/C18H24BrN3O2.ClH/c1-12(20)15-7-4-5-10-21(15)17(23)13-9-11-22(18(13)24)16-8-3-2-6-14(16)19;/h2-3,6,8,12-13,15H,4-5,7,9-11,20H2,1H3;1H. The first-order valence-corrected chi connectivity index (χ1v) is 9.42. The molecule has 3 atom stereocenters. The van der Waals surface area contributed by atoms with Crippen molar-refractivity contribution in [2.75, 3.05) is 18.0 Å². The van der Waals surface area contributed by atoms with Crippen molar-refractivity contribution < 1.29 is 9.59 Å². The molecule has 2 saturated heterocycles. The quantitative estimate of drug-likeness (QED) is 0.750. The molecule has 7 heteroatoms. The Morgan fingerprint density at radius 2 is 1.96 bits per heavy atom. The second kappa shape index (κ2) is 8.52. The van der Waals surface area contributed by atoms with E-state index in [0.29, 0.717) is 19.5 Å². The zero-order chi connectivity index (χ0) is 17.3. The Kier molecular flexibility index (Phi) is 6.88. The summed E-state index contributed by atoms with van der Waals surface area (Å²) in [5.41, 5.74) is 6.90. The number of piperidine rings is 1. The largest absolute Gasteiger partial charge is 0.337 e. The first-order chi connectivity index (χ1) is 11.5. The molecule has 25 heavy (non-hydrogen) atoms. The number of halogens is 2. The lowest BCUT2D eigenvalue weighted by molar-refractivity contribution is -0.143. The number of carbonyl (C=O) groups is 2. The van der Waals surface area contributed by atoms with Crippen LogP contribution in [0.3, 0.4) is 0 Å². The Morgan fingerprint density at radius 3 is 2.64 bits per heavy atom. The van der Waals surface area contributed by atoms with Crippen LogP contribution in [0.5, 0.6) is 0 Å². The van der Waals surface area contributed by atoms with Crippen LogP contribution in [-0.2, 0) is 9.59 Å². The monoisotopic (exact) mass is 429 g/mol. The maximum atomic E-state index is 13.0. The van der Waals surface area contributed by atoms with Gasteiger partial charge in [0.2, 0.25) is 11.8 Å². The molecule has 2 N–H and O–H groups in total. The zero-order valence-electron chi connectivity index (χ0n) is 14.4. The van der Waals surface area contributed by atoms with Gasteiger partial charge in [0, 0.05) is 29.6 Å². The van der Waals surface area contributed by atoms with E-state index in [4.69, 9.17) is 5.73 Å². The molecule has 2 amide bonds. The van der Waals surface area contributed by atoms with Crippen molar-refractivity contribution in [1.29, 1.82) is 0 Å². The molecule has 5 nitrogen and oxygen atoms in total. The molecule has 0 saturated carbocycles. The summed E-state index contributed by atoms with van der Waals surface area (Å²) in [7, 11) is 0. The third kappa shape index (κ3) is 4.01. The van der Waals surface area contributed by atoms with Gasteiger partial charge in [-0.25, -0.2) is 0 Å². The predicted octanol–water partition coefficient (Wildman–Crippen LogP) is 2.95. The van der Waals surface area contributed by atoms with E-state index in [1.54, 1.807) is 4.90 Å². The molecule has 0 radical (unpaired) electrons. The third-order valence-electron chi connectivity index (χ3n) is 5.09. The van der Waals surface area contributed by atoms with Crippen LogP contribution in [-0.4, -0.2) is 41.9 Å². The van der Waals surface area contributed by atoms with Crippen molar-refractivity contribution in [3.8, 4) is 0 Å². The summed E-state index contributed by atoms with van der Waals surface area (Å²) in [6.07, 6.45) is 3.58. The van der Waals surface area contributed by atoms with E-state index in [2.05, 4.69) is 15.9 Å². The smallest absolute Gasteiger partial charge is 0.239 e. The average molecular weight is 431 g/mol. The first-order valence-electron chi connectivity index (χ1n) is 8.62. The van der Waals surface area contributed by atoms with Gasteiger partial charge in [0.05, 0.1) is 5.69 Å². The number of hydrogen-bond donors (Lipinski definition) is 1. The van der Waals surface area contributed by atoms with Crippen LogP contribution >= 0.6 is 28.3 Å². The van der Waals surface area contributed by atoms with E-state index in [-0.39, 0.29) is 36.3 Å².